The summed E-state index contributed by atoms with van der Waals surface area (Å²) in [6.45, 7) is 3.93. The summed E-state index contributed by atoms with van der Waals surface area (Å²) in [5, 5.41) is 0. The molecule has 150 valence electrons. The molecule has 0 radical (unpaired) electrons. The molecule has 2 aliphatic rings. The second kappa shape index (κ2) is 6.93. The van der Waals surface area contributed by atoms with Gasteiger partial charge in [0.2, 0.25) is 10.0 Å². The smallest absolute Gasteiger partial charge is 0.244 e. The monoisotopic (exact) mass is 410 g/mol. The number of benzene rings is 2. The molecule has 5 rings (SSSR count). The van der Waals surface area contributed by atoms with Crippen molar-refractivity contribution in [1.29, 1.82) is 0 Å². The summed E-state index contributed by atoms with van der Waals surface area (Å²) >= 11 is 0. The zero-order valence-electron chi connectivity index (χ0n) is 16.1. The van der Waals surface area contributed by atoms with E-state index in [0.29, 0.717) is 37.8 Å². The lowest BCUT2D eigenvalue weighted by Crippen LogP contribution is -2.42. The molecule has 0 spiro atoms. The molecule has 0 saturated carbocycles. The van der Waals surface area contributed by atoms with E-state index in [4.69, 9.17) is 9.47 Å². The third-order valence-corrected chi connectivity index (χ3v) is 7.37. The number of sulfonamides is 1. The van der Waals surface area contributed by atoms with Gasteiger partial charge in [0.05, 0.1) is 10.9 Å². The largest absolute Gasteiger partial charge is 0.486 e. The van der Waals surface area contributed by atoms with Crippen molar-refractivity contribution in [2.75, 3.05) is 19.8 Å². The minimum absolute atomic E-state index is 0.221. The Bertz CT molecular complexity index is 1150. The Morgan fingerprint density at radius 3 is 2.48 bits per heavy atom. The van der Waals surface area contributed by atoms with Crippen molar-refractivity contribution in [2.24, 2.45) is 0 Å². The third kappa shape index (κ3) is 3.10. The van der Waals surface area contributed by atoms with E-state index in [1.54, 1.807) is 22.5 Å². The highest BCUT2D eigenvalue weighted by Gasteiger charge is 2.38. The van der Waals surface area contributed by atoms with Crippen molar-refractivity contribution in [3.05, 3.63) is 77.6 Å². The van der Waals surface area contributed by atoms with Crippen LogP contribution >= 0.6 is 0 Å². The van der Waals surface area contributed by atoms with E-state index in [1.807, 2.05) is 49.5 Å². The van der Waals surface area contributed by atoms with Crippen LogP contribution in [0.25, 0.3) is 0 Å². The van der Waals surface area contributed by atoms with Gasteiger partial charge in [-0.2, -0.15) is 4.31 Å². The van der Waals surface area contributed by atoms with Crippen LogP contribution in [-0.2, 0) is 16.6 Å². The number of aromatic nitrogens is 1. The predicted molar refractivity (Wildman–Crippen MR) is 109 cm³/mol. The maximum Gasteiger partial charge on any atom is 0.244 e. The fraction of sp³-hybridized carbons (Fsp3) is 0.273. The van der Waals surface area contributed by atoms with Gasteiger partial charge in [-0.1, -0.05) is 29.8 Å². The van der Waals surface area contributed by atoms with Crippen LogP contribution in [0, 0.1) is 6.92 Å². The summed E-state index contributed by atoms with van der Waals surface area (Å²) in [4.78, 5) is 0.221. The summed E-state index contributed by atoms with van der Waals surface area (Å²) in [7, 11) is -3.74. The first kappa shape index (κ1) is 18.3. The van der Waals surface area contributed by atoms with Gasteiger partial charge < -0.3 is 14.0 Å². The van der Waals surface area contributed by atoms with E-state index in [2.05, 4.69) is 4.57 Å². The fourth-order valence-corrected chi connectivity index (χ4v) is 5.62. The first-order valence-corrected chi connectivity index (χ1v) is 11.1. The molecule has 0 N–H and O–H groups in total. The molecule has 3 heterocycles. The maximum absolute atomic E-state index is 13.7. The average Bonchev–Trinajstić information content (AvgIpc) is 3.22. The lowest BCUT2D eigenvalue weighted by atomic mass is 10.0. The van der Waals surface area contributed by atoms with Gasteiger partial charge >= 0.3 is 0 Å². The Morgan fingerprint density at radius 1 is 0.931 bits per heavy atom. The number of hydrogen-bond donors (Lipinski definition) is 0. The van der Waals surface area contributed by atoms with Crippen LogP contribution in [-0.4, -0.2) is 37.0 Å². The molecule has 7 heteroatoms. The van der Waals surface area contributed by atoms with Crippen molar-refractivity contribution < 1.29 is 17.9 Å². The van der Waals surface area contributed by atoms with Crippen LogP contribution < -0.4 is 9.47 Å². The first-order chi connectivity index (χ1) is 14.0. The predicted octanol–water partition coefficient (Wildman–Crippen LogP) is 3.36. The molecule has 2 aliphatic heterocycles. The fourth-order valence-electron chi connectivity index (χ4n) is 4.03. The van der Waals surface area contributed by atoms with E-state index >= 15 is 0 Å². The number of rotatable bonds is 3. The van der Waals surface area contributed by atoms with Crippen LogP contribution in [0.15, 0.2) is 65.7 Å². The molecule has 1 atom stereocenters. The highest BCUT2D eigenvalue weighted by Crippen LogP contribution is 2.39. The van der Waals surface area contributed by atoms with E-state index in [9.17, 15) is 8.42 Å². The molecular weight excluding hydrogens is 388 g/mol. The minimum atomic E-state index is -3.74. The van der Waals surface area contributed by atoms with Gasteiger partial charge in [-0.25, -0.2) is 8.42 Å². The Morgan fingerprint density at radius 2 is 1.69 bits per heavy atom. The highest BCUT2D eigenvalue weighted by atomic mass is 32.2. The molecule has 29 heavy (non-hydrogen) atoms. The molecule has 2 aromatic carbocycles. The molecule has 0 bridgehead atoms. The SMILES string of the molecule is Cc1ccc([C@@H]2c3cccn3CCN2S(=O)(=O)c2ccc3c(c2)OCCO3)cc1. The standard InChI is InChI=1S/C22H22N2O4S/c1-16-4-6-17(7-5-16)22-19-3-2-10-23(19)11-12-24(22)29(25,26)18-8-9-20-21(15-18)28-14-13-27-20/h2-10,15,22H,11-14H2,1H3/t22-/m1/s1. The van der Waals surface area contributed by atoms with Crippen molar-refractivity contribution in [3.8, 4) is 11.5 Å². The van der Waals surface area contributed by atoms with Gasteiger partial charge in [0.1, 0.15) is 13.2 Å². The first-order valence-electron chi connectivity index (χ1n) is 9.67. The third-order valence-electron chi connectivity index (χ3n) is 5.51. The van der Waals surface area contributed by atoms with Gasteiger partial charge in [0.15, 0.2) is 11.5 Å². The van der Waals surface area contributed by atoms with Crippen LogP contribution in [0.3, 0.4) is 0 Å². The summed E-state index contributed by atoms with van der Waals surface area (Å²) in [5.41, 5.74) is 3.07. The summed E-state index contributed by atoms with van der Waals surface area (Å²) in [6.07, 6.45) is 2.00. The van der Waals surface area contributed by atoms with Gasteiger partial charge in [0, 0.05) is 31.0 Å². The molecule has 0 amide bonds. The second-order valence-electron chi connectivity index (χ2n) is 7.36. The molecule has 3 aromatic rings. The van der Waals surface area contributed by atoms with Crippen LogP contribution in [0.4, 0.5) is 0 Å². The van der Waals surface area contributed by atoms with Gasteiger partial charge in [-0.15, -0.1) is 0 Å². The topological polar surface area (TPSA) is 60.8 Å². The lowest BCUT2D eigenvalue weighted by molar-refractivity contribution is 0.171. The lowest BCUT2D eigenvalue weighted by Gasteiger charge is -2.36. The molecule has 0 saturated heterocycles. The Hall–Kier alpha value is -2.77. The van der Waals surface area contributed by atoms with Crippen LogP contribution in [0.2, 0.25) is 0 Å². The molecule has 6 nitrogen and oxygen atoms in total. The number of fused-ring (bicyclic) bond motifs is 2. The Labute approximate surface area is 170 Å². The van der Waals surface area contributed by atoms with Crippen molar-refractivity contribution in [3.63, 3.8) is 0 Å². The molecule has 0 aliphatic carbocycles. The molecular formula is C22H22N2O4S. The van der Waals surface area contributed by atoms with E-state index in [-0.39, 0.29) is 10.9 Å². The average molecular weight is 410 g/mol. The normalized spacial score (nSPS) is 19.0. The Kier molecular flexibility index (Phi) is 4.37. The maximum atomic E-state index is 13.7. The van der Waals surface area contributed by atoms with Crippen molar-refractivity contribution in [1.82, 2.24) is 8.87 Å². The van der Waals surface area contributed by atoms with Crippen LogP contribution in [0.5, 0.6) is 11.5 Å². The van der Waals surface area contributed by atoms with E-state index in [0.717, 1.165) is 16.8 Å². The zero-order chi connectivity index (χ0) is 20.0. The number of ether oxygens (including phenoxy) is 2. The summed E-state index contributed by atoms with van der Waals surface area (Å²) in [5.74, 6) is 1.06. The Balaban J connectivity index is 1.60. The molecule has 1 aromatic heterocycles. The number of nitrogens with zero attached hydrogens (tertiary/aromatic N) is 2. The summed E-state index contributed by atoms with van der Waals surface area (Å²) < 4.78 is 42.2. The second-order valence-corrected chi connectivity index (χ2v) is 9.25. The van der Waals surface area contributed by atoms with Crippen LogP contribution in [0.1, 0.15) is 22.9 Å². The highest BCUT2D eigenvalue weighted by molar-refractivity contribution is 7.89. The van der Waals surface area contributed by atoms with E-state index in [1.165, 1.54) is 0 Å². The number of hydrogen-bond acceptors (Lipinski definition) is 4. The summed E-state index contributed by atoms with van der Waals surface area (Å²) in [6, 6.07) is 16.5. The van der Waals surface area contributed by atoms with E-state index < -0.39 is 10.0 Å². The molecule has 0 unspecified atom stereocenters. The molecule has 0 fully saturated rings. The quantitative estimate of drug-likeness (QED) is 0.664. The van der Waals surface area contributed by atoms with Gasteiger partial charge in [-0.3, -0.25) is 0 Å². The van der Waals surface area contributed by atoms with Gasteiger partial charge in [0.25, 0.3) is 0 Å². The minimum Gasteiger partial charge on any atom is -0.486 e. The zero-order valence-corrected chi connectivity index (χ0v) is 16.9. The van der Waals surface area contributed by atoms with Crippen molar-refractivity contribution in [2.45, 2.75) is 24.4 Å². The number of aryl methyl sites for hydroxylation is 1. The van der Waals surface area contributed by atoms with Crippen molar-refractivity contribution >= 4 is 10.0 Å². The van der Waals surface area contributed by atoms with Gasteiger partial charge in [-0.05, 0) is 36.8 Å².